The molecule has 0 spiro atoms. The maximum Gasteiger partial charge on any atom is 0.255 e. The number of aromatic amines is 1. The topological polar surface area (TPSA) is 88.0 Å². The Morgan fingerprint density at radius 3 is 3.17 bits per heavy atom. The Labute approximate surface area is 102 Å². The van der Waals surface area contributed by atoms with E-state index in [1.54, 1.807) is 35.5 Å². The van der Waals surface area contributed by atoms with E-state index in [1.807, 2.05) is 0 Å². The average molecular weight is 242 g/mol. The first kappa shape index (κ1) is 10.5. The first-order valence-corrected chi connectivity index (χ1v) is 5.38. The van der Waals surface area contributed by atoms with Gasteiger partial charge >= 0.3 is 0 Å². The lowest BCUT2D eigenvalue weighted by Gasteiger charge is -2.01. The molecule has 1 amide bonds. The molecule has 7 heteroatoms. The van der Waals surface area contributed by atoms with Crippen molar-refractivity contribution in [3.05, 3.63) is 48.3 Å². The van der Waals surface area contributed by atoms with Crippen LogP contribution in [0.2, 0.25) is 0 Å². The van der Waals surface area contributed by atoms with E-state index in [4.69, 9.17) is 0 Å². The SMILES string of the molecule is O=C(NCc1cn[nH]c1)c1cnn2ccncc12. The van der Waals surface area contributed by atoms with Crippen LogP contribution in [0.1, 0.15) is 15.9 Å². The molecular formula is C11H10N6O. The van der Waals surface area contributed by atoms with Crippen molar-refractivity contribution in [3.63, 3.8) is 0 Å². The largest absolute Gasteiger partial charge is 0.348 e. The summed E-state index contributed by atoms with van der Waals surface area (Å²) in [5.74, 6) is -0.181. The normalized spacial score (nSPS) is 10.7. The quantitative estimate of drug-likeness (QED) is 0.695. The molecule has 18 heavy (non-hydrogen) atoms. The summed E-state index contributed by atoms with van der Waals surface area (Å²) in [5, 5.41) is 13.4. The molecular weight excluding hydrogens is 232 g/mol. The van der Waals surface area contributed by atoms with Gasteiger partial charge in [0.2, 0.25) is 0 Å². The Balaban J connectivity index is 1.80. The summed E-state index contributed by atoms with van der Waals surface area (Å²) in [5.41, 5.74) is 2.10. The van der Waals surface area contributed by atoms with E-state index in [1.165, 1.54) is 6.20 Å². The number of nitrogens with one attached hydrogen (secondary N) is 2. The van der Waals surface area contributed by atoms with Crippen molar-refractivity contribution in [2.75, 3.05) is 0 Å². The minimum Gasteiger partial charge on any atom is -0.348 e. The summed E-state index contributed by atoms with van der Waals surface area (Å²) in [7, 11) is 0. The molecule has 3 aromatic heterocycles. The van der Waals surface area contributed by atoms with Crippen LogP contribution in [0.4, 0.5) is 0 Å². The number of fused-ring (bicyclic) bond motifs is 1. The van der Waals surface area contributed by atoms with Gasteiger partial charge in [-0.15, -0.1) is 0 Å². The first-order valence-electron chi connectivity index (χ1n) is 5.38. The summed E-state index contributed by atoms with van der Waals surface area (Å²) in [6, 6.07) is 0. The molecule has 0 atom stereocenters. The van der Waals surface area contributed by atoms with E-state index in [-0.39, 0.29) is 5.91 Å². The molecule has 0 aliphatic heterocycles. The monoisotopic (exact) mass is 242 g/mol. The Kier molecular flexibility index (Phi) is 2.49. The van der Waals surface area contributed by atoms with Crippen molar-refractivity contribution < 1.29 is 4.79 Å². The van der Waals surface area contributed by atoms with E-state index in [9.17, 15) is 4.79 Å². The van der Waals surface area contributed by atoms with Gasteiger partial charge in [0.1, 0.15) is 0 Å². The van der Waals surface area contributed by atoms with E-state index < -0.39 is 0 Å². The molecule has 0 saturated carbocycles. The molecule has 90 valence electrons. The van der Waals surface area contributed by atoms with Crippen LogP contribution in [0.5, 0.6) is 0 Å². The van der Waals surface area contributed by atoms with Crippen LogP contribution in [-0.4, -0.2) is 30.7 Å². The van der Waals surface area contributed by atoms with Crippen molar-refractivity contribution in [1.82, 2.24) is 30.1 Å². The van der Waals surface area contributed by atoms with E-state index >= 15 is 0 Å². The number of hydrogen-bond acceptors (Lipinski definition) is 4. The van der Waals surface area contributed by atoms with Gasteiger partial charge in [0, 0.05) is 30.7 Å². The van der Waals surface area contributed by atoms with Crippen LogP contribution in [-0.2, 0) is 6.54 Å². The van der Waals surface area contributed by atoms with Crippen LogP contribution in [0.3, 0.4) is 0 Å². The summed E-state index contributed by atoms with van der Waals surface area (Å²) in [4.78, 5) is 16.0. The summed E-state index contributed by atoms with van der Waals surface area (Å²) in [6.07, 6.45) is 9.85. The third kappa shape index (κ3) is 1.81. The molecule has 3 aromatic rings. The zero-order valence-corrected chi connectivity index (χ0v) is 9.37. The van der Waals surface area contributed by atoms with Crippen molar-refractivity contribution in [1.29, 1.82) is 0 Å². The van der Waals surface area contributed by atoms with Crippen molar-refractivity contribution in [3.8, 4) is 0 Å². The Morgan fingerprint density at radius 1 is 1.39 bits per heavy atom. The molecule has 0 aliphatic carbocycles. The Morgan fingerprint density at radius 2 is 2.33 bits per heavy atom. The number of hydrogen-bond donors (Lipinski definition) is 2. The second-order valence-corrected chi connectivity index (χ2v) is 3.75. The molecule has 3 heterocycles. The number of rotatable bonds is 3. The zero-order valence-electron chi connectivity index (χ0n) is 9.37. The van der Waals surface area contributed by atoms with Gasteiger partial charge in [-0.05, 0) is 0 Å². The predicted octanol–water partition coefficient (Wildman–Crippen LogP) is 0.382. The fraction of sp³-hybridized carbons (Fsp3) is 0.0909. The van der Waals surface area contributed by atoms with Gasteiger partial charge in [-0.25, -0.2) is 4.52 Å². The number of carbonyl (C=O) groups is 1. The summed E-state index contributed by atoms with van der Waals surface area (Å²) < 4.78 is 1.61. The number of amides is 1. The fourth-order valence-corrected chi connectivity index (χ4v) is 1.66. The highest BCUT2D eigenvalue weighted by Gasteiger charge is 2.12. The number of nitrogens with zero attached hydrogens (tertiary/aromatic N) is 4. The highest BCUT2D eigenvalue weighted by atomic mass is 16.1. The summed E-state index contributed by atoms with van der Waals surface area (Å²) >= 11 is 0. The molecule has 0 saturated heterocycles. The molecule has 7 nitrogen and oxygen atoms in total. The van der Waals surface area contributed by atoms with Crippen LogP contribution >= 0.6 is 0 Å². The van der Waals surface area contributed by atoms with Crippen molar-refractivity contribution in [2.24, 2.45) is 0 Å². The van der Waals surface area contributed by atoms with Crippen LogP contribution in [0.25, 0.3) is 5.52 Å². The van der Waals surface area contributed by atoms with Crippen LogP contribution < -0.4 is 5.32 Å². The third-order valence-corrected chi connectivity index (χ3v) is 2.58. The van der Waals surface area contributed by atoms with Gasteiger partial charge in [-0.3, -0.25) is 14.9 Å². The maximum atomic E-state index is 12.0. The van der Waals surface area contributed by atoms with Gasteiger partial charge in [-0.2, -0.15) is 10.2 Å². The Hall–Kier alpha value is -2.70. The smallest absolute Gasteiger partial charge is 0.255 e. The number of aromatic nitrogens is 5. The number of carbonyl (C=O) groups excluding carboxylic acids is 1. The highest BCUT2D eigenvalue weighted by Crippen LogP contribution is 2.08. The van der Waals surface area contributed by atoms with Crippen LogP contribution in [0, 0.1) is 0 Å². The molecule has 0 fully saturated rings. The lowest BCUT2D eigenvalue weighted by Crippen LogP contribution is -2.22. The van der Waals surface area contributed by atoms with Crippen molar-refractivity contribution >= 4 is 11.4 Å². The average Bonchev–Trinajstić information content (AvgIpc) is 3.05. The highest BCUT2D eigenvalue weighted by molar-refractivity contribution is 6.00. The van der Waals surface area contributed by atoms with E-state index in [0.29, 0.717) is 17.6 Å². The lowest BCUT2D eigenvalue weighted by molar-refractivity contribution is 0.0952. The molecule has 2 N–H and O–H groups in total. The Bertz CT molecular complexity index is 672. The maximum absolute atomic E-state index is 12.0. The van der Waals surface area contributed by atoms with Gasteiger partial charge in [0.05, 0.1) is 29.7 Å². The number of H-pyrrole nitrogens is 1. The van der Waals surface area contributed by atoms with E-state index in [2.05, 4.69) is 25.6 Å². The molecule has 0 unspecified atom stereocenters. The summed E-state index contributed by atoms with van der Waals surface area (Å²) in [6.45, 7) is 0.424. The third-order valence-electron chi connectivity index (χ3n) is 2.58. The van der Waals surface area contributed by atoms with Gasteiger partial charge in [0.25, 0.3) is 5.91 Å². The minimum atomic E-state index is -0.181. The van der Waals surface area contributed by atoms with Gasteiger partial charge in [0.15, 0.2) is 0 Å². The molecule has 0 aliphatic rings. The molecule has 0 aromatic carbocycles. The molecule has 0 radical (unpaired) electrons. The molecule has 0 bridgehead atoms. The second-order valence-electron chi connectivity index (χ2n) is 3.75. The van der Waals surface area contributed by atoms with Crippen LogP contribution in [0.15, 0.2) is 37.2 Å². The lowest BCUT2D eigenvalue weighted by atomic mass is 10.2. The standard InChI is InChI=1S/C11H10N6O/c18-11(13-3-8-4-14-15-5-8)9-6-16-17-2-1-12-7-10(9)17/h1-2,4-7H,3H2,(H,13,18)(H,14,15). The first-order chi connectivity index (χ1) is 8.84. The zero-order chi connectivity index (χ0) is 12.4. The minimum absolute atomic E-state index is 0.181. The fourth-order valence-electron chi connectivity index (χ4n) is 1.66. The second kappa shape index (κ2) is 4.28. The van der Waals surface area contributed by atoms with Gasteiger partial charge < -0.3 is 5.32 Å². The molecule has 3 rings (SSSR count). The van der Waals surface area contributed by atoms with E-state index in [0.717, 1.165) is 5.56 Å². The van der Waals surface area contributed by atoms with Crippen molar-refractivity contribution in [2.45, 2.75) is 6.54 Å². The predicted molar refractivity (Wildman–Crippen MR) is 62.7 cm³/mol. The van der Waals surface area contributed by atoms with Gasteiger partial charge in [-0.1, -0.05) is 0 Å².